The lowest BCUT2D eigenvalue weighted by molar-refractivity contribution is 0.520. The van der Waals surface area contributed by atoms with Crippen molar-refractivity contribution in [3.63, 3.8) is 0 Å². The van der Waals surface area contributed by atoms with Crippen LogP contribution in [0.1, 0.15) is 19.3 Å². The normalized spacial score (nSPS) is 13.8. The lowest BCUT2D eigenvalue weighted by Crippen LogP contribution is -2.21. The summed E-state index contributed by atoms with van der Waals surface area (Å²) in [5.74, 6) is 0. The van der Waals surface area contributed by atoms with Crippen LogP contribution in [-0.4, -0.2) is 13.1 Å². The van der Waals surface area contributed by atoms with Crippen LogP contribution in [0, 0.1) is 0 Å². The minimum Gasteiger partial charge on any atom is -0.317 e. The Bertz CT molecular complexity index is 603. The topological polar surface area (TPSA) is 12.0 Å². The molecule has 0 aliphatic carbocycles. The molecule has 0 bridgehead atoms. The fourth-order valence-electron chi connectivity index (χ4n) is 2.98. The van der Waals surface area contributed by atoms with Crippen LogP contribution >= 0.6 is 7.92 Å². The monoisotopic (exact) mass is 347 g/mol. The molecule has 0 saturated carbocycles. The summed E-state index contributed by atoms with van der Waals surface area (Å²) in [4.78, 5) is 0. The van der Waals surface area contributed by atoms with Crippen molar-refractivity contribution in [1.82, 2.24) is 5.32 Å². The molecule has 0 radical (unpaired) electrons. The molecule has 1 saturated heterocycles. The first kappa shape index (κ1) is 17.9. The molecule has 4 rings (SSSR count). The second-order valence-electron chi connectivity index (χ2n) is 6.15. The SMILES string of the molecule is C1CCNCC1.c1ccc(P(c2ccccc2)c2ccccc2)cc1. The second-order valence-corrected chi connectivity index (χ2v) is 8.37. The highest BCUT2D eigenvalue weighted by atomic mass is 31.1. The van der Waals surface area contributed by atoms with Crippen LogP contribution in [0.5, 0.6) is 0 Å². The molecule has 0 amide bonds. The zero-order valence-electron chi connectivity index (χ0n) is 14.6. The van der Waals surface area contributed by atoms with Gasteiger partial charge in [-0.25, -0.2) is 0 Å². The summed E-state index contributed by atoms with van der Waals surface area (Å²) >= 11 is 0. The van der Waals surface area contributed by atoms with E-state index in [0.717, 1.165) is 0 Å². The van der Waals surface area contributed by atoms with E-state index in [2.05, 4.69) is 96.3 Å². The van der Waals surface area contributed by atoms with Gasteiger partial charge in [-0.05, 0) is 49.8 Å². The molecule has 1 aliphatic rings. The number of hydrogen-bond acceptors (Lipinski definition) is 1. The minimum atomic E-state index is -0.446. The van der Waals surface area contributed by atoms with E-state index < -0.39 is 7.92 Å². The van der Waals surface area contributed by atoms with E-state index in [1.165, 1.54) is 48.3 Å². The van der Waals surface area contributed by atoms with Gasteiger partial charge in [0, 0.05) is 0 Å². The van der Waals surface area contributed by atoms with Crippen LogP contribution in [-0.2, 0) is 0 Å². The van der Waals surface area contributed by atoms with Gasteiger partial charge in [-0.2, -0.15) is 0 Å². The highest BCUT2D eigenvalue weighted by Gasteiger charge is 2.14. The van der Waals surface area contributed by atoms with E-state index in [1.54, 1.807) is 0 Å². The van der Waals surface area contributed by atoms with Crippen LogP contribution in [0.15, 0.2) is 91.0 Å². The zero-order chi connectivity index (χ0) is 17.2. The van der Waals surface area contributed by atoms with Gasteiger partial charge in [-0.1, -0.05) is 97.4 Å². The number of benzene rings is 3. The Morgan fingerprint density at radius 2 is 0.840 bits per heavy atom. The molecule has 3 aromatic carbocycles. The Morgan fingerprint density at radius 3 is 1.08 bits per heavy atom. The third kappa shape index (κ3) is 5.53. The maximum absolute atomic E-state index is 3.28. The lowest BCUT2D eigenvalue weighted by atomic mass is 10.2. The molecule has 0 unspecified atom stereocenters. The zero-order valence-corrected chi connectivity index (χ0v) is 15.5. The standard InChI is InChI=1S/C18H15P.C5H11N/c1-4-10-16(11-5-1)19(17-12-6-2-7-13-17)18-14-8-3-9-15-18;1-2-4-6-5-3-1/h1-15H;6H,1-5H2. The molecule has 0 aromatic heterocycles. The molecule has 0 atom stereocenters. The van der Waals surface area contributed by atoms with Gasteiger partial charge in [0.05, 0.1) is 0 Å². The van der Waals surface area contributed by atoms with Gasteiger partial charge in [0.1, 0.15) is 0 Å². The Kier molecular flexibility index (Phi) is 7.24. The second kappa shape index (κ2) is 10.1. The van der Waals surface area contributed by atoms with E-state index in [0.29, 0.717) is 0 Å². The van der Waals surface area contributed by atoms with E-state index in [-0.39, 0.29) is 0 Å². The largest absolute Gasteiger partial charge is 0.317 e. The van der Waals surface area contributed by atoms with Crippen LogP contribution in [0.25, 0.3) is 0 Å². The van der Waals surface area contributed by atoms with Crippen molar-refractivity contribution in [3.05, 3.63) is 91.0 Å². The Balaban J connectivity index is 0.000000258. The van der Waals surface area contributed by atoms with Crippen molar-refractivity contribution in [2.45, 2.75) is 19.3 Å². The predicted octanol–water partition coefficient (Wildman–Crippen LogP) is 4.20. The average Bonchev–Trinajstić information content (AvgIpc) is 2.72. The number of piperidine rings is 1. The summed E-state index contributed by atoms with van der Waals surface area (Å²) in [6.45, 7) is 2.50. The molecule has 1 heterocycles. The molecular formula is C23H26NP. The summed E-state index contributed by atoms with van der Waals surface area (Å²) in [6.07, 6.45) is 4.22. The molecule has 1 fully saturated rings. The maximum atomic E-state index is 3.28. The van der Waals surface area contributed by atoms with Gasteiger partial charge in [0.25, 0.3) is 0 Å². The fraction of sp³-hybridized carbons (Fsp3) is 0.217. The van der Waals surface area contributed by atoms with Gasteiger partial charge in [-0.15, -0.1) is 0 Å². The van der Waals surface area contributed by atoms with Gasteiger partial charge in [0.15, 0.2) is 0 Å². The Labute approximate surface area is 152 Å². The number of hydrogen-bond donors (Lipinski definition) is 1. The van der Waals surface area contributed by atoms with Crippen molar-refractivity contribution in [1.29, 1.82) is 0 Å². The van der Waals surface area contributed by atoms with Crippen LogP contribution in [0.2, 0.25) is 0 Å². The highest BCUT2D eigenvalue weighted by Crippen LogP contribution is 2.32. The molecule has 1 N–H and O–H groups in total. The summed E-state index contributed by atoms with van der Waals surface area (Å²) in [5.41, 5.74) is 0. The summed E-state index contributed by atoms with van der Waals surface area (Å²) in [5, 5.41) is 7.48. The van der Waals surface area contributed by atoms with E-state index in [1.807, 2.05) is 0 Å². The van der Waals surface area contributed by atoms with Gasteiger partial charge in [-0.3, -0.25) is 0 Å². The average molecular weight is 347 g/mol. The molecule has 25 heavy (non-hydrogen) atoms. The molecule has 1 aliphatic heterocycles. The Morgan fingerprint density at radius 1 is 0.480 bits per heavy atom. The Hall–Kier alpha value is -1.95. The lowest BCUT2D eigenvalue weighted by Gasteiger charge is -2.18. The smallest absolute Gasteiger partial charge is 0.00489 e. The van der Waals surface area contributed by atoms with E-state index in [9.17, 15) is 0 Å². The first-order chi connectivity index (χ1) is 12.4. The molecule has 3 aromatic rings. The first-order valence-corrected chi connectivity index (χ1v) is 10.5. The molecule has 1 nitrogen and oxygen atoms in total. The third-order valence-corrected chi connectivity index (χ3v) is 6.69. The van der Waals surface area contributed by atoms with Gasteiger partial charge < -0.3 is 5.32 Å². The van der Waals surface area contributed by atoms with Gasteiger partial charge >= 0.3 is 0 Å². The van der Waals surface area contributed by atoms with Crippen molar-refractivity contribution >= 4 is 23.8 Å². The first-order valence-electron chi connectivity index (χ1n) is 9.11. The van der Waals surface area contributed by atoms with Gasteiger partial charge in [0.2, 0.25) is 0 Å². The minimum absolute atomic E-state index is 0.446. The van der Waals surface area contributed by atoms with Crippen molar-refractivity contribution in [2.24, 2.45) is 0 Å². The van der Waals surface area contributed by atoms with E-state index in [4.69, 9.17) is 0 Å². The van der Waals surface area contributed by atoms with Crippen LogP contribution < -0.4 is 21.2 Å². The number of nitrogens with one attached hydrogen (secondary N) is 1. The molecule has 0 spiro atoms. The van der Waals surface area contributed by atoms with Crippen molar-refractivity contribution in [2.75, 3.05) is 13.1 Å². The quantitative estimate of drug-likeness (QED) is 0.700. The van der Waals surface area contributed by atoms with Crippen molar-refractivity contribution < 1.29 is 0 Å². The summed E-state index contributed by atoms with van der Waals surface area (Å²) < 4.78 is 0. The predicted molar refractivity (Wildman–Crippen MR) is 112 cm³/mol. The number of rotatable bonds is 3. The summed E-state index contributed by atoms with van der Waals surface area (Å²) in [7, 11) is -0.446. The van der Waals surface area contributed by atoms with Crippen molar-refractivity contribution in [3.8, 4) is 0 Å². The molecular weight excluding hydrogens is 321 g/mol. The summed E-state index contributed by atoms with van der Waals surface area (Å²) in [6, 6.07) is 32.3. The third-order valence-electron chi connectivity index (χ3n) is 4.25. The maximum Gasteiger partial charge on any atom is -0.00489 e. The fourth-order valence-corrected chi connectivity index (χ4v) is 5.29. The highest BCUT2D eigenvalue weighted by molar-refractivity contribution is 7.79. The molecule has 128 valence electrons. The van der Waals surface area contributed by atoms with Crippen LogP contribution in [0.3, 0.4) is 0 Å². The van der Waals surface area contributed by atoms with Crippen LogP contribution in [0.4, 0.5) is 0 Å². The van der Waals surface area contributed by atoms with E-state index >= 15 is 0 Å². The molecule has 2 heteroatoms.